The smallest absolute Gasteiger partial charge is 0.0424 e. The Balaban J connectivity index is 1.64. The summed E-state index contributed by atoms with van der Waals surface area (Å²) in [6.45, 7) is 4.55. The van der Waals surface area contributed by atoms with Crippen molar-refractivity contribution in [1.29, 1.82) is 0 Å². The van der Waals surface area contributed by atoms with Crippen LogP contribution in [0, 0.1) is 5.92 Å². The van der Waals surface area contributed by atoms with Crippen LogP contribution < -0.4 is 5.32 Å². The van der Waals surface area contributed by atoms with Crippen molar-refractivity contribution in [1.82, 2.24) is 10.2 Å². The summed E-state index contributed by atoms with van der Waals surface area (Å²) in [5, 5.41) is 4.93. The summed E-state index contributed by atoms with van der Waals surface area (Å²) in [7, 11) is 0. The summed E-state index contributed by atoms with van der Waals surface area (Å²) in [4.78, 5) is 2.64. The van der Waals surface area contributed by atoms with Gasteiger partial charge in [-0.1, -0.05) is 23.2 Å². The van der Waals surface area contributed by atoms with Gasteiger partial charge in [-0.15, -0.1) is 0 Å². The first-order valence-corrected chi connectivity index (χ1v) is 8.36. The van der Waals surface area contributed by atoms with Gasteiger partial charge in [-0.25, -0.2) is 0 Å². The summed E-state index contributed by atoms with van der Waals surface area (Å²) in [6.07, 6.45) is 5.30. The highest BCUT2D eigenvalue weighted by Crippen LogP contribution is 2.31. The van der Waals surface area contributed by atoms with E-state index in [1.807, 2.05) is 12.1 Å². The molecule has 0 bridgehead atoms. The van der Waals surface area contributed by atoms with Crippen molar-refractivity contribution in [3.05, 3.63) is 33.8 Å². The van der Waals surface area contributed by atoms with Crippen LogP contribution in [0.25, 0.3) is 0 Å². The fourth-order valence-electron chi connectivity index (χ4n) is 3.12. The first-order valence-electron chi connectivity index (χ1n) is 7.60. The molecule has 1 N–H and O–H groups in total. The normalized spacial score (nSPS) is 20.6. The molecule has 0 amide bonds. The molecule has 4 heteroatoms. The lowest BCUT2D eigenvalue weighted by Crippen LogP contribution is -2.37. The fraction of sp³-hybridized carbons (Fsp3) is 0.625. The van der Waals surface area contributed by atoms with Gasteiger partial charge in [-0.05, 0) is 68.5 Å². The van der Waals surface area contributed by atoms with E-state index in [4.69, 9.17) is 23.2 Å². The van der Waals surface area contributed by atoms with Crippen LogP contribution in [-0.4, -0.2) is 30.6 Å². The molecular formula is C16H22Cl2N2. The zero-order valence-electron chi connectivity index (χ0n) is 11.7. The molecule has 110 valence electrons. The minimum absolute atomic E-state index is 0.741. The zero-order chi connectivity index (χ0) is 13.9. The van der Waals surface area contributed by atoms with E-state index in [0.29, 0.717) is 0 Å². The Hall–Kier alpha value is -0.280. The van der Waals surface area contributed by atoms with Crippen molar-refractivity contribution in [2.45, 2.75) is 38.3 Å². The Morgan fingerprint density at radius 1 is 1.00 bits per heavy atom. The third-order valence-electron chi connectivity index (χ3n) is 4.32. The lowest BCUT2D eigenvalue weighted by atomic mass is 9.97. The summed E-state index contributed by atoms with van der Waals surface area (Å²) < 4.78 is 0. The van der Waals surface area contributed by atoms with Crippen molar-refractivity contribution in [3.63, 3.8) is 0 Å². The first-order chi connectivity index (χ1) is 9.70. The van der Waals surface area contributed by atoms with Crippen molar-refractivity contribution < 1.29 is 0 Å². The summed E-state index contributed by atoms with van der Waals surface area (Å²) in [5.74, 6) is 0.839. The van der Waals surface area contributed by atoms with Gasteiger partial charge in [0.15, 0.2) is 0 Å². The predicted octanol–water partition coefficient (Wildman–Crippen LogP) is 3.96. The fourth-order valence-corrected chi connectivity index (χ4v) is 3.69. The first kappa shape index (κ1) is 14.6. The van der Waals surface area contributed by atoms with E-state index < -0.39 is 0 Å². The van der Waals surface area contributed by atoms with Gasteiger partial charge in [0, 0.05) is 29.2 Å². The van der Waals surface area contributed by atoms with Crippen LogP contribution in [0.15, 0.2) is 18.2 Å². The van der Waals surface area contributed by atoms with Crippen LogP contribution in [0.1, 0.15) is 31.2 Å². The summed E-state index contributed by atoms with van der Waals surface area (Å²) in [5.41, 5.74) is 1.24. The second-order valence-corrected chi connectivity index (χ2v) is 7.00. The molecule has 20 heavy (non-hydrogen) atoms. The number of halogens is 2. The van der Waals surface area contributed by atoms with Crippen molar-refractivity contribution >= 4 is 23.2 Å². The minimum Gasteiger partial charge on any atom is -0.317 e. The number of hydrogen-bond donors (Lipinski definition) is 1. The zero-order valence-corrected chi connectivity index (χ0v) is 13.3. The van der Waals surface area contributed by atoms with Crippen LogP contribution in [0.3, 0.4) is 0 Å². The number of nitrogens with zero attached hydrogens (tertiary/aromatic N) is 1. The maximum absolute atomic E-state index is 6.11. The maximum atomic E-state index is 6.11. The molecule has 2 aliphatic rings. The van der Waals surface area contributed by atoms with Crippen LogP contribution in [0.2, 0.25) is 10.0 Å². The van der Waals surface area contributed by atoms with Gasteiger partial charge in [0.1, 0.15) is 0 Å². The standard InChI is InChI=1S/C16H22Cl2N2/c17-14-7-13(8-15(18)9-14)11-20(16-1-2-16)10-12-3-5-19-6-4-12/h7-9,12,16,19H,1-6,10-11H2. The highest BCUT2D eigenvalue weighted by Gasteiger charge is 2.30. The molecule has 1 aromatic carbocycles. The second-order valence-electron chi connectivity index (χ2n) is 6.13. The molecule has 0 atom stereocenters. The number of rotatable bonds is 5. The minimum atomic E-state index is 0.741. The average molecular weight is 313 g/mol. The average Bonchev–Trinajstić information content (AvgIpc) is 3.22. The number of nitrogens with one attached hydrogen (secondary N) is 1. The molecule has 1 heterocycles. The van der Waals surface area contributed by atoms with E-state index >= 15 is 0 Å². The van der Waals surface area contributed by atoms with E-state index in [2.05, 4.69) is 10.2 Å². The van der Waals surface area contributed by atoms with Crippen LogP contribution in [-0.2, 0) is 6.54 Å². The Labute approximate surface area is 131 Å². The topological polar surface area (TPSA) is 15.3 Å². The van der Waals surface area contributed by atoms with Gasteiger partial charge in [0.2, 0.25) is 0 Å². The van der Waals surface area contributed by atoms with Gasteiger partial charge < -0.3 is 5.32 Å². The summed E-state index contributed by atoms with van der Waals surface area (Å²) >= 11 is 12.2. The number of benzene rings is 1. The van der Waals surface area contributed by atoms with Crippen LogP contribution in [0.4, 0.5) is 0 Å². The van der Waals surface area contributed by atoms with Crippen molar-refractivity contribution in [2.75, 3.05) is 19.6 Å². The Morgan fingerprint density at radius 3 is 2.25 bits per heavy atom. The van der Waals surface area contributed by atoms with E-state index in [9.17, 15) is 0 Å². The molecular weight excluding hydrogens is 291 g/mol. The molecule has 2 nitrogen and oxygen atoms in total. The third kappa shape index (κ3) is 4.11. The third-order valence-corrected chi connectivity index (χ3v) is 4.76. The van der Waals surface area contributed by atoms with Crippen molar-refractivity contribution in [3.8, 4) is 0 Å². The molecule has 3 rings (SSSR count). The highest BCUT2D eigenvalue weighted by molar-refractivity contribution is 6.34. The van der Waals surface area contributed by atoms with Crippen LogP contribution >= 0.6 is 23.2 Å². The second kappa shape index (κ2) is 6.65. The molecule has 0 spiro atoms. The quantitative estimate of drug-likeness (QED) is 0.885. The molecule has 0 aromatic heterocycles. The van der Waals surface area contributed by atoms with Gasteiger partial charge in [-0.2, -0.15) is 0 Å². The maximum Gasteiger partial charge on any atom is 0.0424 e. The van der Waals surface area contributed by atoms with Gasteiger partial charge in [-0.3, -0.25) is 4.90 Å². The van der Waals surface area contributed by atoms with E-state index in [-0.39, 0.29) is 0 Å². The molecule has 1 aliphatic carbocycles. The van der Waals surface area contributed by atoms with E-state index in [1.54, 1.807) is 6.07 Å². The Kier molecular flexibility index (Phi) is 4.87. The largest absolute Gasteiger partial charge is 0.317 e. The molecule has 0 radical (unpaired) electrons. The Bertz CT molecular complexity index is 434. The van der Waals surface area contributed by atoms with E-state index in [0.717, 1.165) is 28.5 Å². The molecule has 1 saturated carbocycles. The Morgan fingerprint density at radius 2 is 1.65 bits per heavy atom. The predicted molar refractivity (Wildman–Crippen MR) is 85.5 cm³/mol. The number of hydrogen-bond acceptors (Lipinski definition) is 2. The van der Waals surface area contributed by atoms with Crippen molar-refractivity contribution in [2.24, 2.45) is 5.92 Å². The monoisotopic (exact) mass is 312 g/mol. The highest BCUT2D eigenvalue weighted by atomic mass is 35.5. The molecule has 1 aromatic rings. The van der Waals surface area contributed by atoms with Gasteiger partial charge in [0.25, 0.3) is 0 Å². The van der Waals surface area contributed by atoms with Crippen LogP contribution in [0.5, 0.6) is 0 Å². The number of piperidine rings is 1. The SMILES string of the molecule is Clc1cc(Cl)cc(CN(CC2CCNCC2)C2CC2)c1. The van der Waals surface area contributed by atoms with E-state index in [1.165, 1.54) is 50.9 Å². The van der Waals surface area contributed by atoms with Gasteiger partial charge in [0.05, 0.1) is 0 Å². The van der Waals surface area contributed by atoms with Gasteiger partial charge >= 0.3 is 0 Å². The molecule has 1 saturated heterocycles. The molecule has 2 fully saturated rings. The molecule has 0 unspecified atom stereocenters. The lowest BCUT2D eigenvalue weighted by molar-refractivity contribution is 0.190. The lowest BCUT2D eigenvalue weighted by Gasteiger charge is -2.30. The molecule has 1 aliphatic heterocycles. The summed E-state index contributed by atoms with van der Waals surface area (Å²) in [6, 6.07) is 6.68.